The summed E-state index contributed by atoms with van der Waals surface area (Å²) < 4.78 is 0. The molecule has 1 fully saturated rings. The number of rotatable bonds is 3. The van der Waals surface area contributed by atoms with Gasteiger partial charge in [0.2, 0.25) is 0 Å². The van der Waals surface area contributed by atoms with Gasteiger partial charge in [-0.15, -0.1) is 0 Å². The molecule has 166 valence electrons. The van der Waals surface area contributed by atoms with E-state index in [-0.39, 0.29) is 12.1 Å². The van der Waals surface area contributed by atoms with Gasteiger partial charge in [-0.2, -0.15) is 0 Å². The third-order valence-electron chi connectivity index (χ3n) is 5.72. The number of nitrogens with one attached hydrogen (secondary N) is 2. The van der Waals surface area contributed by atoms with Crippen molar-refractivity contribution in [2.45, 2.75) is 19.9 Å². The van der Waals surface area contributed by atoms with Gasteiger partial charge >= 0.3 is 6.03 Å². The molecule has 1 saturated heterocycles. The van der Waals surface area contributed by atoms with Crippen molar-refractivity contribution >= 4 is 57.2 Å². The number of urea groups is 1. The number of thiocarbonyl (C=S) groups is 1. The van der Waals surface area contributed by atoms with E-state index in [1.807, 2.05) is 35.2 Å². The molecule has 2 N–H and O–H groups in total. The maximum Gasteiger partial charge on any atom is 0.321 e. The molecule has 2 aromatic carbocycles. The van der Waals surface area contributed by atoms with Gasteiger partial charge in [-0.3, -0.25) is 4.98 Å². The summed E-state index contributed by atoms with van der Waals surface area (Å²) >= 11 is 11.7. The van der Waals surface area contributed by atoms with E-state index in [1.165, 1.54) is 0 Å². The number of carbonyl (C=O) groups is 1. The lowest BCUT2D eigenvalue weighted by molar-refractivity contribution is 0.122. The van der Waals surface area contributed by atoms with Crippen LogP contribution in [-0.2, 0) is 0 Å². The first kappa shape index (κ1) is 22.3. The Morgan fingerprint density at radius 2 is 1.88 bits per heavy atom. The van der Waals surface area contributed by atoms with E-state index in [0.29, 0.717) is 35.7 Å². The van der Waals surface area contributed by atoms with Crippen LogP contribution in [0.3, 0.4) is 0 Å². The first-order valence-corrected chi connectivity index (χ1v) is 11.4. The number of fused-ring (bicyclic) bond motifs is 1. The Hall–Kier alpha value is -2.90. The van der Waals surface area contributed by atoms with Crippen molar-refractivity contribution < 1.29 is 4.79 Å². The third-order valence-corrected chi connectivity index (χ3v) is 6.31. The molecule has 2 amide bonds. The molecule has 2 heterocycles. The maximum atomic E-state index is 12.8. The number of carbonyl (C=O) groups excluding carboxylic acids is 1. The largest absolute Gasteiger partial charge is 0.342 e. The molecule has 6 nitrogen and oxygen atoms in total. The van der Waals surface area contributed by atoms with Crippen LogP contribution in [0, 0.1) is 5.92 Å². The second-order valence-corrected chi connectivity index (χ2v) is 9.02. The summed E-state index contributed by atoms with van der Waals surface area (Å²) in [6.45, 7) is 6.15. The molecular weight excluding hydrogens is 442 g/mol. The minimum Gasteiger partial charge on any atom is -0.342 e. The van der Waals surface area contributed by atoms with Crippen molar-refractivity contribution in [3.05, 3.63) is 65.8 Å². The Labute approximate surface area is 198 Å². The number of piperazine rings is 1. The van der Waals surface area contributed by atoms with Crippen LogP contribution in [0.4, 0.5) is 16.2 Å². The number of hydrogen-bond acceptors (Lipinski definition) is 3. The van der Waals surface area contributed by atoms with Crippen molar-refractivity contribution in [3.8, 4) is 0 Å². The summed E-state index contributed by atoms with van der Waals surface area (Å²) in [4.78, 5) is 21.3. The lowest BCUT2D eigenvalue weighted by Crippen LogP contribution is -2.59. The van der Waals surface area contributed by atoms with Crippen LogP contribution in [-0.4, -0.2) is 51.6 Å². The molecule has 1 aliphatic rings. The Morgan fingerprint density at radius 3 is 2.62 bits per heavy atom. The molecule has 1 aromatic heterocycles. The van der Waals surface area contributed by atoms with Crippen LogP contribution < -0.4 is 10.6 Å². The Morgan fingerprint density at radius 1 is 1.09 bits per heavy atom. The van der Waals surface area contributed by atoms with Gasteiger partial charge in [-0.05, 0) is 66.7 Å². The molecule has 1 unspecified atom stereocenters. The van der Waals surface area contributed by atoms with Gasteiger partial charge in [0.05, 0.1) is 11.6 Å². The van der Waals surface area contributed by atoms with Gasteiger partial charge in [-0.25, -0.2) is 4.79 Å². The number of benzene rings is 2. The molecule has 1 aliphatic heterocycles. The zero-order chi connectivity index (χ0) is 22.7. The fourth-order valence-electron chi connectivity index (χ4n) is 3.95. The molecule has 0 bridgehead atoms. The molecule has 3 aromatic rings. The van der Waals surface area contributed by atoms with Crippen molar-refractivity contribution in [3.63, 3.8) is 0 Å². The second-order valence-electron chi connectivity index (χ2n) is 8.19. The average Bonchev–Trinajstić information content (AvgIpc) is 2.80. The van der Waals surface area contributed by atoms with E-state index in [2.05, 4.69) is 34.4 Å². The Kier molecular flexibility index (Phi) is 6.77. The first-order valence-electron chi connectivity index (χ1n) is 10.7. The lowest BCUT2D eigenvalue weighted by atomic mass is 10.00. The first-order chi connectivity index (χ1) is 15.4. The smallest absolute Gasteiger partial charge is 0.321 e. The number of hydrogen-bond donors (Lipinski definition) is 2. The molecular formula is C24H26ClN5OS. The maximum absolute atomic E-state index is 12.8. The summed E-state index contributed by atoms with van der Waals surface area (Å²) in [5.74, 6) is 0.315. The quantitative estimate of drug-likeness (QED) is 0.501. The van der Waals surface area contributed by atoms with Crippen molar-refractivity contribution in [2.24, 2.45) is 5.92 Å². The number of anilines is 2. The third kappa shape index (κ3) is 4.95. The zero-order valence-corrected chi connectivity index (χ0v) is 19.7. The fraction of sp³-hybridized carbons (Fsp3) is 0.292. The Balaban J connectivity index is 1.45. The van der Waals surface area contributed by atoms with E-state index in [0.717, 1.165) is 22.3 Å². The molecule has 0 saturated carbocycles. The van der Waals surface area contributed by atoms with Crippen LogP contribution in [0.5, 0.6) is 0 Å². The van der Waals surface area contributed by atoms with E-state index < -0.39 is 0 Å². The van der Waals surface area contributed by atoms with E-state index in [1.54, 1.807) is 30.5 Å². The number of amides is 2. The number of pyridine rings is 1. The number of aromatic nitrogens is 1. The second kappa shape index (κ2) is 9.71. The highest BCUT2D eigenvalue weighted by atomic mass is 35.5. The topological polar surface area (TPSA) is 60.5 Å². The molecule has 0 radical (unpaired) electrons. The van der Waals surface area contributed by atoms with Crippen LogP contribution in [0.25, 0.3) is 10.9 Å². The lowest BCUT2D eigenvalue weighted by Gasteiger charge is -2.44. The van der Waals surface area contributed by atoms with Crippen LogP contribution in [0.1, 0.15) is 13.8 Å². The van der Waals surface area contributed by atoms with E-state index in [4.69, 9.17) is 23.8 Å². The molecule has 8 heteroatoms. The van der Waals surface area contributed by atoms with Crippen LogP contribution in [0.15, 0.2) is 60.8 Å². The standard InChI is InChI=1S/C24H26ClN5OS/c1-16(2)22-15-29(23(31)27-18-10-8-17(25)9-11-18)13-14-30(22)24(32)28-21-7-3-6-20-19(21)5-4-12-26-20/h3-12,16,22H,13-15H2,1-2H3,(H,27,31)(H,28,32). The summed E-state index contributed by atoms with van der Waals surface area (Å²) in [6, 6.07) is 17.0. The fourth-order valence-corrected chi connectivity index (χ4v) is 4.41. The Bertz CT molecular complexity index is 1120. The minimum absolute atomic E-state index is 0.104. The van der Waals surface area contributed by atoms with Gasteiger partial charge in [-0.1, -0.05) is 31.5 Å². The molecule has 32 heavy (non-hydrogen) atoms. The van der Waals surface area contributed by atoms with Crippen molar-refractivity contribution in [2.75, 3.05) is 30.3 Å². The predicted molar refractivity (Wildman–Crippen MR) is 135 cm³/mol. The van der Waals surface area contributed by atoms with Gasteiger partial charge < -0.3 is 20.4 Å². The van der Waals surface area contributed by atoms with Crippen molar-refractivity contribution in [1.82, 2.24) is 14.8 Å². The highest BCUT2D eigenvalue weighted by Crippen LogP contribution is 2.24. The van der Waals surface area contributed by atoms with Gasteiger partial charge in [0, 0.05) is 47.6 Å². The number of nitrogens with zero attached hydrogens (tertiary/aromatic N) is 3. The molecule has 4 rings (SSSR count). The average molecular weight is 468 g/mol. The van der Waals surface area contributed by atoms with Crippen LogP contribution >= 0.6 is 23.8 Å². The van der Waals surface area contributed by atoms with Crippen LogP contribution in [0.2, 0.25) is 5.02 Å². The highest BCUT2D eigenvalue weighted by Gasteiger charge is 2.33. The summed E-state index contributed by atoms with van der Waals surface area (Å²) in [5.41, 5.74) is 2.58. The molecule has 0 spiro atoms. The SMILES string of the molecule is CC(C)C1CN(C(=O)Nc2ccc(Cl)cc2)CCN1C(=S)Nc1cccc2ncccc12. The van der Waals surface area contributed by atoms with E-state index >= 15 is 0 Å². The predicted octanol–water partition coefficient (Wildman–Crippen LogP) is 5.46. The van der Waals surface area contributed by atoms with Gasteiger partial charge in [0.25, 0.3) is 0 Å². The summed E-state index contributed by atoms with van der Waals surface area (Å²) in [7, 11) is 0. The summed E-state index contributed by atoms with van der Waals surface area (Å²) in [5, 5.41) is 8.70. The van der Waals surface area contributed by atoms with Gasteiger partial charge in [0.15, 0.2) is 5.11 Å². The monoisotopic (exact) mass is 467 g/mol. The van der Waals surface area contributed by atoms with Gasteiger partial charge in [0.1, 0.15) is 0 Å². The highest BCUT2D eigenvalue weighted by molar-refractivity contribution is 7.80. The molecule has 0 aliphatic carbocycles. The minimum atomic E-state index is -0.114. The van der Waals surface area contributed by atoms with Crippen molar-refractivity contribution in [1.29, 1.82) is 0 Å². The van der Waals surface area contributed by atoms with E-state index in [9.17, 15) is 4.79 Å². The summed E-state index contributed by atoms with van der Waals surface area (Å²) in [6.07, 6.45) is 1.79. The molecule has 1 atom stereocenters. The number of halogens is 1. The zero-order valence-electron chi connectivity index (χ0n) is 18.1. The normalized spacial score (nSPS) is 16.3.